The van der Waals surface area contributed by atoms with Gasteiger partial charge in [0.15, 0.2) is 35.1 Å². The van der Waals surface area contributed by atoms with Crippen LogP contribution in [0.1, 0.15) is 11.8 Å². The largest absolute Gasteiger partial charge is 0.387 e. The number of aliphatic hydroxyl groups is 2. The number of carbonyl (C=O) groups is 1. The second kappa shape index (κ2) is 10.2. The van der Waals surface area contributed by atoms with E-state index in [1.165, 1.54) is 24.1 Å². The Morgan fingerprint density at radius 1 is 1.22 bits per heavy atom. The molecule has 36 heavy (non-hydrogen) atoms. The van der Waals surface area contributed by atoms with E-state index in [0.717, 1.165) is 9.13 Å². The molecule has 1 saturated heterocycles. The molecule has 0 aliphatic carbocycles. The van der Waals surface area contributed by atoms with Gasteiger partial charge < -0.3 is 25.6 Å². The first-order valence-electron chi connectivity index (χ1n) is 10.9. The molecule has 4 unspecified atom stereocenters. The maximum atomic E-state index is 12.1. The van der Waals surface area contributed by atoms with Crippen molar-refractivity contribution in [3.8, 4) is 11.4 Å². The Kier molecular flexibility index (Phi) is 7.03. The summed E-state index contributed by atoms with van der Waals surface area (Å²) in [5, 5.41) is 27.3. The molecule has 4 aromatic rings. The topological polar surface area (TPSA) is 147 Å². The number of likely N-dealkylation sites (N-methyl/N-ethyl adjacent to an activating group) is 1. The number of imidazole rings is 1. The molecular weight excluding hydrogens is 601 g/mol. The molecule has 1 amide bonds. The van der Waals surface area contributed by atoms with E-state index in [1.807, 2.05) is 18.2 Å². The van der Waals surface area contributed by atoms with Gasteiger partial charge in [-0.15, -0.1) is 0 Å². The number of aromatic nitrogens is 5. The molecule has 1 aliphatic rings. The van der Waals surface area contributed by atoms with Gasteiger partial charge in [0.05, 0.1) is 11.3 Å². The maximum absolute atomic E-state index is 12.1. The summed E-state index contributed by atoms with van der Waals surface area (Å²) in [4.78, 5) is 30.0. The normalized spacial score (nSPS) is 21.6. The summed E-state index contributed by atoms with van der Waals surface area (Å²) in [6.45, 7) is 0.475. The summed E-state index contributed by atoms with van der Waals surface area (Å²) in [6.07, 6.45) is -0.637. The molecule has 1 aromatic carbocycles. The van der Waals surface area contributed by atoms with Gasteiger partial charge in [-0.1, -0.05) is 23.7 Å². The first kappa shape index (κ1) is 24.8. The first-order chi connectivity index (χ1) is 17.4. The van der Waals surface area contributed by atoms with Crippen LogP contribution in [-0.4, -0.2) is 66.0 Å². The highest BCUT2D eigenvalue weighted by molar-refractivity contribution is 14.1. The van der Waals surface area contributed by atoms with Crippen LogP contribution in [0.15, 0.2) is 49.1 Å². The van der Waals surface area contributed by atoms with Crippen molar-refractivity contribution in [2.75, 3.05) is 12.4 Å². The Labute approximate surface area is 224 Å². The van der Waals surface area contributed by atoms with Crippen LogP contribution in [0.2, 0.25) is 5.02 Å². The van der Waals surface area contributed by atoms with E-state index in [-0.39, 0.29) is 0 Å². The number of amides is 1. The predicted molar refractivity (Wildman–Crippen MR) is 140 cm³/mol. The number of pyridine rings is 1. The van der Waals surface area contributed by atoms with Crippen LogP contribution in [0.3, 0.4) is 0 Å². The van der Waals surface area contributed by atoms with Crippen LogP contribution >= 0.6 is 34.2 Å². The molecular formula is C23H21ClIN7O4. The SMILES string of the molecule is CNC(=O)C1OC(n2cnc3c(NCc4cccc(I)c4)nc(-c4cncc(Cl)c4)nc32)C(O)C1O. The number of fused-ring (bicyclic) bond motifs is 1. The third-order valence-electron chi connectivity index (χ3n) is 5.75. The summed E-state index contributed by atoms with van der Waals surface area (Å²) in [7, 11) is 1.43. The number of aliphatic hydroxyl groups excluding tert-OH is 2. The van der Waals surface area contributed by atoms with Crippen molar-refractivity contribution in [3.63, 3.8) is 0 Å². The number of benzene rings is 1. The van der Waals surface area contributed by atoms with Gasteiger partial charge >= 0.3 is 0 Å². The lowest BCUT2D eigenvalue weighted by Crippen LogP contribution is -2.41. The summed E-state index contributed by atoms with van der Waals surface area (Å²) in [6, 6.07) is 9.71. The monoisotopic (exact) mass is 621 g/mol. The molecule has 13 heteroatoms. The van der Waals surface area contributed by atoms with Gasteiger partial charge in [-0.2, -0.15) is 0 Å². The minimum atomic E-state index is -1.43. The van der Waals surface area contributed by atoms with Crippen LogP contribution in [-0.2, 0) is 16.1 Å². The maximum Gasteiger partial charge on any atom is 0.251 e. The summed E-state index contributed by atoms with van der Waals surface area (Å²) >= 11 is 8.40. The zero-order chi connectivity index (χ0) is 25.4. The van der Waals surface area contributed by atoms with Crippen molar-refractivity contribution in [3.05, 3.63) is 63.2 Å². The summed E-state index contributed by atoms with van der Waals surface area (Å²) in [5.74, 6) is 0.220. The van der Waals surface area contributed by atoms with Gasteiger partial charge in [0.2, 0.25) is 0 Å². The minimum absolute atomic E-state index is 0.320. The molecule has 0 radical (unpaired) electrons. The standard InChI is InChI=1S/C23H21ClIN7O4/c1-26-22(35)18-16(33)17(34)23(36-18)32-10-29-15-20(28-7-11-3-2-4-14(25)5-11)30-19(31-21(15)32)12-6-13(24)9-27-8-12/h2-6,8-10,16-18,23,33-34H,7H2,1H3,(H,26,35)(H,28,30,31). The van der Waals surface area contributed by atoms with E-state index in [0.29, 0.717) is 39.9 Å². The highest BCUT2D eigenvalue weighted by Crippen LogP contribution is 2.34. The van der Waals surface area contributed by atoms with Crippen molar-refractivity contribution in [1.29, 1.82) is 0 Å². The van der Waals surface area contributed by atoms with Gasteiger partial charge in [-0.3, -0.25) is 14.3 Å². The highest BCUT2D eigenvalue weighted by Gasteiger charge is 2.47. The number of rotatable bonds is 6. The van der Waals surface area contributed by atoms with Crippen molar-refractivity contribution in [2.24, 2.45) is 0 Å². The minimum Gasteiger partial charge on any atom is -0.387 e. The van der Waals surface area contributed by atoms with Crippen molar-refractivity contribution >= 4 is 57.1 Å². The van der Waals surface area contributed by atoms with Crippen LogP contribution in [0.5, 0.6) is 0 Å². The number of hydrogen-bond acceptors (Lipinski definition) is 9. The van der Waals surface area contributed by atoms with Crippen molar-refractivity contribution in [1.82, 2.24) is 29.8 Å². The number of anilines is 1. The third kappa shape index (κ3) is 4.74. The van der Waals surface area contributed by atoms with E-state index >= 15 is 0 Å². The zero-order valence-corrected chi connectivity index (χ0v) is 21.8. The van der Waals surface area contributed by atoms with Gasteiger partial charge in [0.1, 0.15) is 12.2 Å². The fourth-order valence-electron chi connectivity index (χ4n) is 3.97. The van der Waals surface area contributed by atoms with E-state index in [9.17, 15) is 15.0 Å². The molecule has 4 heterocycles. The number of carbonyl (C=O) groups excluding carboxylic acids is 1. The predicted octanol–water partition coefficient (Wildman–Crippen LogP) is 2.12. The third-order valence-corrected chi connectivity index (χ3v) is 6.63. The molecule has 4 atom stereocenters. The molecule has 5 rings (SSSR count). The number of nitrogens with one attached hydrogen (secondary N) is 2. The quantitative estimate of drug-likeness (QED) is 0.238. The fourth-order valence-corrected chi connectivity index (χ4v) is 4.75. The van der Waals surface area contributed by atoms with E-state index in [1.54, 1.807) is 12.3 Å². The summed E-state index contributed by atoms with van der Waals surface area (Å²) < 4.78 is 8.32. The average Bonchev–Trinajstić information content (AvgIpc) is 3.43. The van der Waals surface area contributed by atoms with E-state index < -0.39 is 30.4 Å². The number of halogens is 2. The van der Waals surface area contributed by atoms with Crippen molar-refractivity contribution in [2.45, 2.75) is 31.1 Å². The van der Waals surface area contributed by atoms with Crippen LogP contribution in [0, 0.1) is 3.57 Å². The molecule has 11 nitrogen and oxygen atoms in total. The van der Waals surface area contributed by atoms with Crippen LogP contribution < -0.4 is 10.6 Å². The molecule has 0 bridgehead atoms. The second-order valence-electron chi connectivity index (χ2n) is 8.14. The molecule has 1 fully saturated rings. The number of hydrogen-bond donors (Lipinski definition) is 4. The lowest BCUT2D eigenvalue weighted by Gasteiger charge is -2.17. The molecule has 0 saturated carbocycles. The Bertz CT molecular complexity index is 1430. The van der Waals surface area contributed by atoms with Gasteiger partial charge in [-0.25, -0.2) is 15.0 Å². The Balaban J connectivity index is 1.58. The average molecular weight is 622 g/mol. The molecule has 1 aliphatic heterocycles. The lowest BCUT2D eigenvalue weighted by molar-refractivity contribution is -0.137. The molecule has 186 valence electrons. The Morgan fingerprint density at radius 3 is 2.81 bits per heavy atom. The molecule has 3 aromatic heterocycles. The smallest absolute Gasteiger partial charge is 0.251 e. The van der Waals surface area contributed by atoms with E-state index in [2.05, 4.69) is 59.2 Å². The first-order valence-corrected chi connectivity index (χ1v) is 12.4. The zero-order valence-electron chi connectivity index (χ0n) is 18.8. The molecule has 0 spiro atoms. The van der Waals surface area contributed by atoms with Gasteiger partial charge in [0.25, 0.3) is 5.91 Å². The van der Waals surface area contributed by atoms with E-state index in [4.69, 9.17) is 16.3 Å². The van der Waals surface area contributed by atoms with Gasteiger partial charge in [-0.05, 0) is 46.4 Å². The Morgan fingerprint density at radius 2 is 2.06 bits per heavy atom. The molecule has 4 N–H and O–H groups in total. The number of nitrogens with zero attached hydrogens (tertiary/aromatic N) is 5. The van der Waals surface area contributed by atoms with Gasteiger partial charge in [0, 0.05) is 35.1 Å². The van der Waals surface area contributed by atoms with Crippen molar-refractivity contribution < 1.29 is 19.7 Å². The fraction of sp³-hybridized carbons (Fsp3) is 0.261. The second-order valence-corrected chi connectivity index (χ2v) is 9.82. The Hall–Kier alpha value is -2.91. The number of ether oxygens (including phenoxy) is 1. The van der Waals surface area contributed by atoms with Crippen LogP contribution in [0.25, 0.3) is 22.6 Å². The highest BCUT2D eigenvalue weighted by atomic mass is 127. The van der Waals surface area contributed by atoms with Crippen LogP contribution in [0.4, 0.5) is 5.82 Å². The summed E-state index contributed by atoms with van der Waals surface area (Å²) in [5.41, 5.74) is 2.38. The lowest BCUT2D eigenvalue weighted by atomic mass is 10.1.